The van der Waals surface area contributed by atoms with E-state index < -0.39 is 0 Å². The second-order valence-electron chi connectivity index (χ2n) is 3.48. The van der Waals surface area contributed by atoms with Gasteiger partial charge in [0.05, 0.1) is 0 Å². The fraction of sp³-hybridized carbons (Fsp3) is 0.167. The number of halogens is 2. The topological polar surface area (TPSA) is 47.0 Å². The third kappa shape index (κ3) is 3.48. The highest BCUT2D eigenvalue weighted by atomic mass is 35.5. The van der Waals surface area contributed by atoms with Crippen molar-refractivity contribution in [3.8, 4) is 11.6 Å². The first-order chi connectivity index (χ1) is 8.67. The molecule has 0 amide bonds. The summed E-state index contributed by atoms with van der Waals surface area (Å²) in [5, 5.41) is 4.10. The predicted molar refractivity (Wildman–Crippen MR) is 72.7 cm³/mol. The molecule has 0 bridgehead atoms. The number of anilines is 1. The fourth-order valence-corrected chi connectivity index (χ4v) is 1.89. The summed E-state index contributed by atoms with van der Waals surface area (Å²) >= 11 is 11.8. The Kier molecular flexibility index (Phi) is 4.23. The maximum Gasteiger partial charge on any atom is 0.224 e. The van der Waals surface area contributed by atoms with E-state index in [-0.39, 0.29) is 0 Å². The van der Waals surface area contributed by atoms with Crippen molar-refractivity contribution in [2.45, 2.75) is 6.92 Å². The van der Waals surface area contributed by atoms with Crippen LogP contribution < -0.4 is 10.1 Å². The second kappa shape index (κ2) is 5.89. The lowest BCUT2D eigenvalue weighted by Crippen LogP contribution is -2.00. The van der Waals surface area contributed by atoms with Crippen LogP contribution in [-0.4, -0.2) is 16.5 Å². The number of nitrogens with one attached hydrogen (secondary N) is 1. The van der Waals surface area contributed by atoms with Crippen LogP contribution >= 0.6 is 23.2 Å². The minimum absolute atomic E-state index is 0.430. The zero-order chi connectivity index (χ0) is 13.0. The molecule has 0 aliphatic heterocycles. The van der Waals surface area contributed by atoms with E-state index >= 15 is 0 Å². The Morgan fingerprint density at radius 2 is 1.83 bits per heavy atom. The third-order valence-electron chi connectivity index (χ3n) is 2.06. The van der Waals surface area contributed by atoms with Crippen molar-refractivity contribution in [3.05, 3.63) is 40.6 Å². The lowest BCUT2D eigenvalue weighted by Gasteiger charge is -2.07. The number of hydrogen-bond acceptors (Lipinski definition) is 4. The molecule has 0 aliphatic rings. The van der Waals surface area contributed by atoms with Crippen molar-refractivity contribution in [3.63, 3.8) is 0 Å². The van der Waals surface area contributed by atoms with Gasteiger partial charge in [-0.3, -0.25) is 0 Å². The Hall–Kier alpha value is -1.52. The summed E-state index contributed by atoms with van der Waals surface area (Å²) < 4.78 is 5.57. The molecule has 6 heteroatoms. The van der Waals surface area contributed by atoms with Gasteiger partial charge in [-0.2, -0.15) is 0 Å². The Morgan fingerprint density at radius 1 is 1.11 bits per heavy atom. The van der Waals surface area contributed by atoms with E-state index in [1.165, 1.54) is 6.33 Å². The molecule has 94 valence electrons. The van der Waals surface area contributed by atoms with E-state index in [0.717, 1.165) is 6.54 Å². The SMILES string of the molecule is CCNc1cc(Oc2cc(Cl)cc(Cl)c2)ncn1. The molecule has 1 heterocycles. The van der Waals surface area contributed by atoms with Crippen LogP contribution in [0.5, 0.6) is 11.6 Å². The molecule has 0 fully saturated rings. The van der Waals surface area contributed by atoms with Gasteiger partial charge in [-0.05, 0) is 25.1 Å². The molecule has 0 aliphatic carbocycles. The van der Waals surface area contributed by atoms with E-state index in [4.69, 9.17) is 27.9 Å². The number of aromatic nitrogens is 2. The molecule has 0 atom stereocenters. The molecule has 1 N–H and O–H groups in total. The van der Waals surface area contributed by atoms with Crippen LogP contribution in [0.25, 0.3) is 0 Å². The van der Waals surface area contributed by atoms with Gasteiger partial charge in [0.1, 0.15) is 17.9 Å². The number of nitrogens with zero attached hydrogens (tertiary/aromatic N) is 2. The maximum absolute atomic E-state index is 5.89. The summed E-state index contributed by atoms with van der Waals surface area (Å²) in [6.07, 6.45) is 1.43. The van der Waals surface area contributed by atoms with Gasteiger partial charge in [0.2, 0.25) is 5.88 Å². The van der Waals surface area contributed by atoms with Gasteiger partial charge >= 0.3 is 0 Å². The molecule has 1 aromatic carbocycles. The van der Waals surface area contributed by atoms with Crippen molar-refractivity contribution < 1.29 is 4.74 Å². The first-order valence-electron chi connectivity index (χ1n) is 5.37. The smallest absolute Gasteiger partial charge is 0.224 e. The summed E-state index contributed by atoms with van der Waals surface area (Å²) in [5.41, 5.74) is 0. The molecule has 0 saturated heterocycles. The quantitative estimate of drug-likeness (QED) is 0.921. The van der Waals surface area contributed by atoms with Crippen LogP contribution in [0.15, 0.2) is 30.6 Å². The average Bonchev–Trinajstić information content (AvgIpc) is 2.28. The zero-order valence-electron chi connectivity index (χ0n) is 9.65. The minimum Gasteiger partial charge on any atom is -0.439 e. The van der Waals surface area contributed by atoms with Crippen LogP contribution in [0.2, 0.25) is 10.0 Å². The molecular weight excluding hydrogens is 273 g/mol. The lowest BCUT2D eigenvalue weighted by molar-refractivity contribution is 0.462. The van der Waals surface area contributed by atoms with E-state index in [2.05, 4.69) is 15.3 Å². The number of ether oxygens (including phenoxy) is 1. The summed E-state index contributed by atoms with van der Waals surface area (Å²) in [7, 11) is 0. The van der Waals surface area contributed by atoms with Gasteiger partial charge in [0.15, 0.2) is 0 Å². The minimum atomic E-state index is 0.430. The molecule has 0 radical (unpaired) electrons. The Bertz CT molecular complexity index is 528. The molecular formula is C12H11Cl2N3O. The summed E-state index contributed by atoms with van der Waals surface area (Å²) in [5.74, 6) is 1.67. The maximum atomic E-state index is 5.89. The van der Waals surface area contributed by atoms with Crippen molar-refractivity contribution in [2.24, 2.45) is 0 Å². The lowest BCUT2D eigenvalue weighted by atomic mass is 10.3. The molecule has 1 aromatic heterocycles. The van der Waals surface area contributed by atoms with Crippen LogP contribution in [0.1, 0.15) is 6.92 Å². The summed E-state index contributed by atoms with van der Waals surface area (Å²) in [6.45, 7) is 2.76. The van der Waals surface area contributed by atoms with Crippen LogP contribution in [-0.2, 0) is 0 Å². The van der Waals surface area contributed by atoms with Gasteiger partial charge in [-0.15, -0.1) is 0 Å². The molecule has 18 heavy (non-hydrogen) atoms. The standard InChI is InChI=1S/C12H11Cl2N3O/c1-2-15-11-6-12(17-7-16-11)18-10-4-8(13)3-9(14)5-10/h3-7H,2H2,1H3,(H,15,16,17). The molecule has 0 unspecified atom stereocenters. The van der Waals surface area contributed by atoms with Gasteiger partial charge in [-0.25, -0.2) is 9.97 Å². The number of hydrogen-bond donors (Lipinski definition) is 1. The van der Waals surface area contributed by atoms with Crippen LogP contribution in [0, 0.1) is 0 Å². The Balaban J connectivity index is 2.20. The predicted octanol–water partition coefficient (Wildman–Crippen LogP) is 4.01. The van der Waals surface area contributed by atoms with Crippen molar-refractivity contribution in [1.29, 1.82) is 0 Å². The van der Waals surface area contributed by atoms with Gasteiger partial charge in [0.25, 0.3) is 0 Å². The number of rotatable bonds is 4. The Labute approximate surface area is 115 Å². The van der Waals surface area contributed by atoms with Crippen LogP contribution in [0.4, 0.5) is 5.82 Å². The first kappa shape index (κ1) is 12.9. The normalized spacial score (nSPS) is 10.2. The second-order valence-corrected chi connectivity index (χ2v) is 4.35. The van der Waals surface area contributed by atoms with Gasteiger partial charge in [0, 0.05) is 22.7 Å². The Morgan fingerprint density at radius 3 is 2.50 bits per heavy atom. The molecule has 2 rings (SSSR count). The fourth-order valence-electron chi connectivity index (χ4n) is 1.38. The highest BCUT2D eigenvalue weighted by Crippen LogP contribution is 2.27. The third-order valence-corrected chi connectivity index (χ3v) is 2.49. The molecule has 4 nitrogen and oxygen atoms in total. The van der Waals surface area contributed by atoms with Gasteiger partial charge in [-0.1, -0.05) is 23.2 Å². The molecule has 2 aromatic rings. The largest absolute Gasteiger partial charge is 0.439 e. The monoisotopic (exact) mass is 283 g/mol. The van der Waals surface area contributed by atoms with E-state index in [0.29, 0.717) is 27.5 Å². The van der Waals surface area contributed by atoms with E-state index in [9.17, 15) is 0 Å². The first-order valence-corrected chi connectivity index (χ1v) is 6.13. The molecule has 0 spiro atoms. The van der Waals surface area contributed by atoms with Gasteiger partial charge < -0.3 is 10.1 Å². The molecule has 0 saturated carbocycles. The van der Waals surface area contributed by atoms with E-state index in [1.54, 1.807) is 24.3 Å². The average molecular weight is 284 g/mol. The summed E-state index contributed by atoms with van der Waals surface area (Å²) in [6, 6.07) is 6.68. The van der Waals surface area contributed by atoms with E-state index in [1.807, 2.05) is 6.92 Å². The van der Waals surface area contributed by atoms with Crippen molar-refractivity contribution in [1.82, 2.24) is 9.97 Å². The van der Waals surface area contributed by atoms with Crippen LogP contribution in [0.3, 0.4) is 0 Å². The van der Waals surface area contributed by atoms with Crippen molar-refractivity contribution in [2.75, 3.05) is 11.9 Å². The number of benzene rings is 1. The van der Waals surface area contributed by atoms with Crippen molar-refractivity contribution >= 4 is 29.0 Å². The zero-order valence-corrected chi connectivity index (χ0v) is 11.2. The highest BCUT2D eigenvalue weighted by Gasteiger charge is 2.03. The highest BCUT2D eigenvalue weighted by molar-refractivity contribution is 6.34. The summed E-state index contributed by atoms with van der Waals surface area (Å²) in [4.78, 5) is 8.07.